The van der Waals surface area contributed by atoms with E-state index < -0.39 is 11.2 Å². The maximum atomic E-state index is 13.2. The fourth-order valence-corrected chi connectivity index (χ4v) is 8.21. The largest absolute Gasteiger partial charge is 0.444 e. The zero-order chi connectivity index (χ0) is 34.7. The molecule has 2 amide bonds. The van der Waals surface area contributed by atoms with Crippen molar-refractivity contribution in [2.24, 2.45) is 11.8 Å². The predicted octanol–water partition coefficient (Wildman–Crippen LogP) is 8.91. The topological polar surface area (TPSA) is 116 Å². The number of piperidine rings is 2. The maximum absolute atomic E-state index is 13.2. The third kappa shape index (κ3) is 5.49. The second kappa shape index (κ2) is 10.8. The van der Waals surface area contributed by atoms with Crippen LogP contribution in [0.2, 0.25) is 0 Å². The van der Waals surface area contributed by atoms with Crippen molar-refractivity contribution in [3.05, 3.63) is 72.4 Å². The van der Waals surface area contributed by atoms with Gasteiger partial charge in [0.2, 0.25) is 0 Å². The quantitative estimate of drug-likeness (QED) is 0.197. The molecule has 10 heteroatoms. The second-order valence-corrected chi connectivity index (χ2v) is 16.7. The zero-order valence-corrected chi connectivity index (χ0v) is 29.5. The van der Waals surface area contributed by atoms with Crippen molar-refractivity contribution in [2.75, 3.05) is 0 Å². The molecule has 9 rings (SSSR count). The molecule has 1 unspecified atom stereocenters. The highest BCUT2D eigenvalue weighted by atomic mass is 16.6. The smallest absolute Gasteiger partial charge is 0.411 e. The van der Waals surface area contributed by atoms with Gasteiger partial charge in [0.25, 0.3) is 0 Å². The van der Waals surface area contributed by atoms with Gasteiger partial charge in [-0.05, 0) is 113 Å². The average Bonchev–Trinajstić information content (AvgIpc) is 3.67. The fourth-order valence-electron chi connectivity index (χ4n) is 8.21. The number of hydrogen-bond acceptors (Lipinski definition) is 6. The van der Waals surface area contributed by atoms with Crippen LogP contribution in [0.4, 0.5) is 9.59 Å². The Balaban J connectivity index is 0.936. The Morgan fingerprint density at radius 1 is 0.700 bits per heavy atom. The standard InChI is InChI=1S/C40H44N6O4/c1-39(2,3)49-37(47)45-30-16-25(30)18-32(45)35-41-20-29(43-35)22-9-7-21(8-10-22)23-11-13-27-24(15-23)12-14-28-34(27)44-36(42-28)33-19-26-17-31(26)46(33)38(48)50-40(4,5)6/h7-15,20,25-26,30-33H,16-19H2,1-6H3,(H,41,43)(H,42,44)/t25-,26-,30-,31-,32+,33?/m1/s1. The molecule has 10 nitrogen and oxygen atoms in total. The summed E-state index contributed by atoms with van der Waals surface area (Å²) in [5.74, 6) is 2.69. The summed E-state index contributed by atoms with van der Waals surface area (Å²) < 4.78 is 11.5. The van der Waals surface area contributed by atoms with Crippen LogP contribution in [0.1, 0.15) is 91.0 Å². The van der Waals surface area contributed by atoms with Crippen LogP contribution in [-0.2, 0) is 9.47 Å². The van der Waals surface area contributed by atoms with Gasteiger partial charge in [-0.1, -0.05) is 42.5 Å². The molecule has 4 heterocycles. The van der Waals surface area contributed by atoms with E-state index in [2.05, 4.69) is 64.6 Å². The summed E-state index contributed by atoms with van der Waals surface area (Å²) in [5, 5.41) is 2.19. The normalized spacial score (nSPS) is 25.6. The summed E-state index contributed by atoms with van der Waals surface area (Å²) in [4.78, 5) is 46.9. The Hall–Kier alpha value is -4.86. The lowest BCUT2D eigenvalue weighted by Crippen LogP contribution is -2.38. The van der Waals surface area contributed by atoms with E-state index in [1.165, 1.54) is 0 Å². The van der Waals surface area contributed by atoms with Crippen LogP contribution in [-0.4, -0.2) is 65.2 Å². The van der Waals surface area contributed by atoms with Gasteiger partial charge in [-0.25, -0.2) is 19.6 Å². The van der Waals surface area contributed by atoms with Crippen LogP contribution in [0.5, 0.6) is 0 Å². The van der Waals surface area contributed by atoms with Crippen molar-refractivity contribution >= 4 is 34.0 Å². The first-order valence-electron chi connectivity index (χ1n) is 17.9. The lowest BCUT2D eigenvalue weighted by atomic mass is 9.99. The van der Waals surface area contributed by atoms with Crippen LogP contribution in [0.15, 0.2) is 60.8 Å². The van der Waals surface area contributed by atoms with Crippen LogP contribution in [0.25, 0.3) is 44.2 Å². The SMILES string of the molecule is CC(C)(C)OC(=O)N1C(c2nc3c(ccc4cc(-c5ccc(-c6cnc([C@@H]7C[C@H]8C[C@H]8N7C(=O)OC(C)(C)C)[nH]6)cc5)ccc43)[nH]2)C[C@H]2C[C@H]21. The number of carbonyl (C=O) groups excluding carboxylic acids is 2. The number of H-pyrrole nitrogens is 2. The average molecular weight is 673 g/mol. The number of rotatable bonds is 4. The number of amides is 2. The monoisotopic (exact) mass is 672 g/mol. The van der Waals surface area contributed by atoms with E-state index in [1.807, 2.05) is 57.5 Å². The summed E-state index contributed by atoms with van der Waals surface area (Å²) in [5.41, 5.74) is 5.01. The Kier molecular flexibility index (Phi) is 6.74. The van der Waals surface area contributed by atoms with Crippen molar-refractivity contribution < 1.29 is 19.1 Å². The molecular formula is C40H44N6O4. The number of aromatic amines is 2. The Morgan fingerprint density at radius 2 is 1.28 bits per heavy atom. The van der Waals surface area contributed by atoms with Gasteiger partial charge in [0, 0.05) is 17.5 Å². The number of ether oxygens (including phenoxy) is 2. The van der Waals surface area contributed by atoms with E-state index in [4.69, 9.17) is 19.4 Å². The zero-order valence-electron chi connectivity index (χ0n) is 29.5. The lowest BCUT2D eigenvalue weighted by Gasteiger charge is -2.29. The lowest BCUT2D eigenvalue weighted by molar-refractivity contribution is 0.0164. The molecule has 50 heavy (non-hydrogen) atoms. The van der Waals surface area contributed by atoms with Gasteiger partial charge < -0.3 is 19.4 Å². The minimum atomic E-state index is -0.540. The summed E-state index contributed by atoms with van der Waals surface area (Å²) in [6.07, 6.45) is 5.26. The van der Waals surface area contributed by atoms with Crippen molar-refractivity contribution in [3.8, 4) is 22.4 Å². The molecule has 2 aliphatic carbocycles. The minimum Gasteiger partial charge on any atom is -0.444 e. The van der Waals surface area contributed by atoms with Gasteiger partial charge in [-0.3, -0.25) is 9.80 Å². The number of imidazole rings is 2. The molecule has 2 saturated carbocycles. The number of fused-ring (bicyclic) bond motifs is 5. The van der Waals surface area contributed by atoms with Crippen LogP contribution < -0.4 is 0 Å². The molecule has 0 bridgehead atoms. The van der Waals surface area contributed by atoms with Crippen molar-refractivity contribution in [2.45, 2.75) is 103 Å². The number of aromatic nitrogens is 4. The first-order valence-corrected chi connectivity index (χ1v) is 17.9. The molecule has 4 aliphatic rings. The highest BCUT2D eigenvalue weighted by Crippen LogP contribution is 2.54. The molecule has 3 aromatic carbocycles. The number of likely N-dealkylation sites (tertiary alicyclic amines) is 2. The Bertz CT molecular complexity index is 2150. The molecular weight excluding hydrogens is 628 g/mol. The summed E-state index contributed by atoms with van der Waals surface area (Å²) in [7, 11) is 0. The maximum Gasteiger partial charge on any atom is 0.411 e. The van der Waals surface area contributed by atoms with Gasteiger partial charge in [-0.15, -0.1) is 0 Å². The van der Waals surface area contributed by atoms with Crippen molar-refractivity contribution in [1.29, 1.82) is 0 Å². The minimum absolute atomic E-state index is 0.0935. The summed E-state index contributed by atoms with van der Waals surface area (Å²) in [6, 6.07) is 19.5. The van der Waals surface area contributed by atoms with Gasteiger partial charge in [-0.2, -0.15) is 0 Å². The number of nitrogens with one attached hydrogen (secondary N) is 2. The summed E-state index contributed by atoms with van der Waals surface area (Å²) in [6.45, 7) is 11.4. The Morgan fingerprint density at radius 3 is 1.90 bits per heavy atom. The molecule has 4 fully saturated rings. The highest BCUT2D eigenvalue weighted by molar-refractivity contribution is 6.05. The fraction of sp³-hybridized carbons (Fsp3) is 0.450. The molecule has 6 atom stereocenters. The molecule has 2 aliphatic heterocycles. The molecule has 0 spiro atoms. The number of nitrogens with zero attached hydrogens (tertiary/aromatic N) is 4. The number of benzene rings is 3. The van der Waals surface area contributed by atoms with E-state index in [9.17, 15) is 9.59 Å². The third-order valence-electron chi connectivity index (χ3n) is 10.7. The summed E-state index contributed by atoms with van der Waals surface area (Å²) >= 11 is 0. The van der Waals surface area contributed by atoms with Crippen LogP contribution >= 0.6 is 0 Å². The first kappa shape index (κ1) is 31.1. The van der Waals surface area contributed by atoms with E-state index in [0.29, 0.717) is 11.8 Å². The van der Waals surface area contributed by atoms with E-state index in [0.717, 1.165) is 81.5 Å². The highest BCUT2D eigenvalue weighted by Gasteiger charge is 2.57. The molecule has 5 aromatic rings. The molecule has 2 N–H and O–H groups in total. The third-order valence-corrected chi connectivity index (χ3v) is 10.7. The van der Waals surface area contributed by atoms with Crippen LogP contribution in [0.3, 0.4) is 0 Å². The van der Waals surface area contributed by atoms with Gasteiger partial charge >= 0.3 is 12.2 Å². The van der Waals surface area contributed by atoms with E-state index in [1.54, 1.807) is 0 Å². The van der Waals surface area contributed by atoms with Crippen molar-refractivity contribution in [1.82, 2.24) is 29.7 Å². The Labute approximate surface area is 291 Å². The molecule has 2 aromatic heterocycles. The molecule has 2 saturated heterocycles. The molecule has 0 radical (unpaired) electrons. The van der Waals surface area contributed by atoms with Gasteiger partial charge in [0.1, 0.15) is 22.9 Å². The number of carbonyl (C=O) groups is 2. The van der Waals surface area contributed by atoms with E-state index in [-0.39, 0.29) is 36.4 Å². The number of hydrogen-bond donors (Lipinski definition) is 2. The van der Waals surface area contributed by atoms with Gasteiger partial charge in [0.15, 0.2) is 0 Å². The van der Waals surface area contributed by atoms with Crippen molar-refractivity contribution in [3.63, 3.8) is 0 Å². The van der Waals surface area contributed by atoms with Crippen LogP contribution in [0, 0.1) is 11.8 Å². The van der Waals surface area contributed by atoms with E-state index >= 15 is 0 Å². The second-order valence-electron chi connectivity index (χ2n) is 16.7. The predicted molar refractivity (Wildman–Crippen MR) is 191 cm³/mol. The first-order chi connectivity index (χ1) is 23.8. The molecule has 258 valence electrons. The van der Waals surface area contributed by atoms with Gasteiger partial charge in [0.05, 0.1) is 35.0 Å².